The van der Waals surface area contributed by atoms with Crippen LogP contribution in [0.4, 0.5) is 0 Å². The molecule has 90 valence electrons. The first-order valence-corrected chi connectivity index (χ1v) is 5.84. The van der Waals surface area contributed by atoms with Gasteiger partial charge in [-0.05, 0) is 50.3 Å². The van der Waals surface area contributed by atoms with E-state index in [1.807, 2.05) is 13.8 Å². The molecule has 0 aliphatic heterocycles. The second-order valence-corrected chi connectivity index (χ2v) is 5.08. The highest BCUT2D eigenvalue weighted by molar-refractivity contribution is 5.31. The van der Waals surface area contributed by atoms with Gasteiger partial charge in [0.2, 0.25) is 0 Å². The van der Waals surface area contributed by atoms with E-state index in [0.29, 0.717) is 6.42 Å². The summed E-state index contributed by atoms with van der Waals surface area (Å²) >= 11 is 0. The minimum Gasteiger partial charge on any atom is -0.396 e. The number of aliphatic hydroxyl groups is 2. The maximum absolute atomic E-state index is 9.74. The summed E-state index contributed by atoms with van der Waals surface area (Å²) in [7, 11) is 0. The van der Waals surface area contributed by atoms with Crippen LogP contribution in [0.15, 0.2) is 18.2 Å². The van der Waals surface area contributed by atoms with Crippen LogP contribution in [-0.2, 0) is 12.8 Å². The molecule has 1 aromatic carbocycles. The summed E-state index contributed by atoms with van der Waals surface area (Å²) in [4.78, 5) is 0. The van der Waals surface area contributed by atoms with E-state index in [-0.39, 0.29) is 6.61 Å². The topological polar surface area (TPSA) is 40.5 Å². The SMILES string of the molecule is Cc1cc(CC(C)(C)O)ccc1CCCO. The Hall–Kier alpha value is -0.860. The van der Waals surface area contributed by atoms with Crippen LogP contribution in [0.3, 0.4) is 0 Å². The number of aryl methyl sites for hydroxylation is 2. The fourth-order valence-electron chi connectivity index (χ4n) is 1.92. The number of benzene rings is 1. The lowest BCUT2D eigenvalue weighted by Gasteiger charge is -2.18. The van der Waals surface area contributed by atoms with Crippen LogP contribution in [0.25, 0.3) is 0 Å². The van der Waals surface area contributed by atoms with Gasteiger partial charge in [0.15, 0.2) is 0 Å². The van der Waals surface area contributed by atoms with Crippen molar-refractivity contribution in [2.75, 3.05) is 6.61 Å². The molecule has 1 rings (SSSR count). The maximum atomic E-state index is 9.74. The second-order valence-electron chi connectivity index (χ2n) is 5.08. The highest BCUT2D eigenvalue weighted by atomic mass is 16.3. The normalized spacial score (nSPS) is 11.8. The Morgan fingerprint density at radius 3 is 2.44 bits per heavy atom. The van der Waals surface area contributed by atoms with E-state index in [9.17, 15) is 5.11 Å². The first kappa shape index (κ1) is 13.2. The number of hydrogen-bond donors (Lipinski definition) is 2. The predicted molar refractivity (Wildman–Crippen MR) is 66.6 cm³/mol. The Labute approximate surface area is 97.9 Å². The molecule has 2 N–H and O–H groups in total. The monoisotopic (exact) mass is 222 g/mol. The lowest BCUT2D eigenvalue weighted by Crippen LogP contribution is -2.21. The molecule has 0 radical (unpaired) electrons. The highest BCUT2D eigenvalue weighted by Crippen LogP contribution is 2.17. The van der Waals surface area contributed by atoms with Crippen molar-refractivity contribution in [1.29, 1.82) is 0 Å². The van der Waals surface area contributed by atoms with Crippen LogP contribution in [-0.4, -0.2) is 22.4 Å². The molecule has 0 aromatic heterocycles. The maximum Gasteiger partial charge on any atom is 0.0631 e. The summed E-state index contributed by atoms with van der Waals surface area (Å²) in [6.45, 7) is 5.97. The molecule has 0 saturated heterocycles. The van der Waals surface area contributed by atoms with Crippen molar-refractivity contribution in [3.63, 3.8) is 0 Å². The van der Waals surface area contributed by atoms with Crippen molar-refractivity contribution < 1.29 is 10.2 Å². The zero-order valence-corrected chi connectivity index (χ0v) is 10.5. The van der Waals surface area contributed by atoms with Gasteiger partial charge in [0.1, 0.15) is 0 Å². The molecule has 1 aromatic rings. The molecule has 0 fully saturated rings. The molecular formula is C14H22O2. The van der Waals surface area contributed by atoms with Crippen molar-refractivity contribution in [2.45, 2.75) is 45.6 Å². The van der Waals surface area contributed by atoms with Crippen LogP contribution in [0, 0.1) is 6.92 Å². The van der Waals surface area contributed by atoms with Crippen molar-refractivity contribution in [1.82, 2.24) is 0 Å². The van der Waals surface area contributed by atoms with Crippen molar-refractivity contribution in [3.8, 4) is 0 Å². The largest absolute Gasteiger partial charge is 0.396 e. The third-order valence-electron chi connectivity index (χ3n) is 2.65. The molecule has 2 nitrogen and oxygen atoms in total. The van der Waals surface area contributed by atoms with Crippen LogP contribution >= 0.6 is 0 Å². The van der Waals surface area contributed by atoms with Crippen molar-refractivity contribution in [2.24, 2.45) is 0 Å². The number of hydrogen-bond acceptors (Lipinski definition) is 2. The molecule has 0 saturated carbocycles. The van der Waals surface area contributed by atoms with Gasteiger partial charge in [-0.2, -0.15) is 0 Å². The van der Waals surface area contributed by atoms with Gasteiger partial charge in [0.25, 0.3) is 0 Å². The summed E-state index contributed by atoms with van der Waals surface area (Å²) in [5.74, 6) is 0. The van der Waals surface area contributed by atoms with Crippen LogP contribution < -0.4 is 0 Å². The van der Waals surface area contributed by atoms with E-state index in [4.69, 9.17) is 5.11 Å². The Morgan fingerprint density at radius 2 is 1.94 bits per heavy atom. The molecule has 0 bridgehead atoms. The fourth-order valence-corrected chi connectivity index (χ4v) is 1.92. The number of rotatable bonds is 5. The average Bonchev–Trinajstić information content (AvgIpc) is 2.14. The van der Waals surface area contributed by atoms with E-state index in [0.717, 1.165) is 18.4 Å². The fraction of sp³-hybridized carbons (Fsp3) is 0.571. The summed E-state index contributed by atoms with van der Waals surface area (Å²) < 4.78 is 0. The second kappa shape index (κ2) is 5.46. The zero-order valence-electron chi connectivity index (χ0n) is 10.5. The standard InChI is InChI=1S/C14H22O2/c1-11-9-12(10-14(2,3)16)6-7-13(11)5-4-8-15/h6-7,9,15-16H,4-5,8,10H2,1-3H3. The van der Waals surface area contributed by atoms with E-state index in [1.54, 1.807) is 0 Å². The Balaban J connectivity index is 2.74. The minimum atomic E-state index is -0.654. The minimum absolute atomic E-state index is 0.241. The lowest BCUT2D eigenvalue weighted by molar-refractivity contribution is 0.0810. The smallest absolute Gasteiger partial charge is 0.0631 e. The van der Waals surface area contributed by atoms with Crippen LogP contribution in [0.2, 0.25) is 0 Å². The summed E-state index contributed by atoms with van der Waals surface area (Å²) in [5, 5.41) is 18.5. The molecule has 0 aliphatic carbocycles. The van der Waals surface area contributed by atoms with Crippen molar-refractivity contribution in [3.05, 3.63) is 34.9 Å². The molecule has 2 heteroatoms. The Bertz CT molecular complexity index is 337. The molecule has 0 atom stereocenters. The summed E-state index contributed by atoms with van der Waals surface area (Å²) in [5.41, 5.74) is 3.04. The van der Waals surface area contributed by atoms with E-state index < -0.39 is 5.60 Å². The third kappa shape index (κ3) is 4.33. The molecule has 0 heterocycles. The summed E-state index contributed by atoms with van der Waals surface area (Å²) in [6, 6.07) is 6.30. The summed E-state index contributed by atoms with van der Waals surface area (Å²) in [6.07, 6.45) is 2.41. The average molecular weight is 222 g/mol. The van der Waals surface area contributed by atoms with Crippen LogP contribution in [0.5, 0.6) is 0 Å². The molecule has 0 unspecified atom stereocenters. The van der Waals surface area contributed by atoms with Gasteiger partial charge in [-0.25, -0.2) is 0 Å². The lowest BCUT2D eigenvalue weighted by atomic mass is 9.94. The van der Waals surface area contributed by atoms with Gasteiger partial charge in [0.05, 0.1) is 5.60 Å². The predicted octanol–water partition coefficient (Wildman–Crippen LogP) is 2.23. The molecule has 16 heavy (non-hydrogen) atoms. The van der Waals surface area contributed by atoms with Crippen molar-refractivity contribution >= 4 is 0 Å². The van der Waals surface area contributed by atoms with Gasteiger partial charge in [-0.3, -0.25) is 0 Å². The first-order valence-electron chi connectivity index (χ1n) is 5.84. The number of aliphatic hydroxyl groups excluding tert-OH is 1. The molecule has 0 aliphatic rings. The highest BCUT2D eigenvalue weighted by Gasteiger charge is 2.13. The van der Waals surface area contributed by atoms with Gasteiger partial charge < -0.3 is 10.2 Å². The molecule has 0 spiro atoms. The third-order valence-corrected chi connectivity index (χ3v) is 2.65. The first-order chi connectivity index (χ1) is 7.42. The van der Waals surface area contributed by atoms with Gasteiger partial charge >= 0.3 is 0 Å². The Morgan fingerprint density at radius 1 is 1.25 bits per heavy atom. The van der Waals surface area contributed by atoms with E-state index in [1.165, 1.54) is 11.1 Å². The van der Waals surface area contributed by atoms with Gasteiger partial charge in [-0.1, -0.05) is 18.2 Å². The van der Waals surface area contributed by atoms with Gasteiger partial charge in [-0.15, -0.1) is 0 Å². The van der Waals surface area contributed by atoms with Crippen LogP contribution in [0.1, 0.15) is 37.0 Å². The molecule has 0 amide bonds. The van der Waals surface area contributed by atoms with E-state index in [2.05, 4.69) is 25.1 Å². The zero-order chi connectivity index (χ0) is 12.2. The quantitative estimate of drug-likeness (QED) is 0.802. The van der Waals surface area contributed by atoms with E-state index >= 15 is 0 Å². The molecular weight excluding hydrogens is 200 g/mol. The van der Waals surface area contributed by atoms with Gasteiger partial charge in [0, 0.05) is 13.0 Å². The Kier molecular flexibility index (Phi) is 4.51.